The first-order valence-corrected chi connectivity index (χ1v) is 11.2. The largest absolute Gasteiger partial charge is 0.486 e. The van der Waals surface area contributed by atoms with Crippen LogP contribution >= 0.6 is 0 Å². The van der Waals surface area contributed by atoms with Crippen LogP contribution in [0.4, 0.5) is 5.69 Å². The quantitative estimate of drug-likeness (QED) is 0.724. The van der Waals surface area contributed by atoms with Gasteiger partial charge in [-0.2, -0.15) is 0 Å². The van der Waals surface area contributed by atoms with E-state index in [-0.39, 0.29) is 23.7 Å². The maximum absolute atomic E-state index is 12.7. The molecule has 1 aliphatic carbocycles. The SMILES string of the molecule is CC(C(=O)NCc1cccc(NC(=O)C2CCCCC2)c1)c1ccc2c(c1)OCCO2. The van der Waals surface area contributed by atoms with Crippen molar-refractivity contribution >= 4 is 17.5 Å². The average Bonchev–Trinajstić information content (AvgIpc) is 2.82. The third kappa shape index (κ3) is 5.37. The van der Waals surface area contributed by atoms with Crippen molar-refractivity contribution in [2.24, 2.45) is 5.92 Å². The topological polar surface area (TPSA) is 76.7 Å². The first-order valence-electron chi connectivity index (χ1n) is 11.2. The highest BCUT2D eigenvalue weighted by Gasteiger charge is 2.21. The van der Waals surface area contributed by atoms with Crippen LogP contribution in [0.25, 0.3) is 0 Å². The van der Waals surface area contributed by atoms with Crippen LogP contribution < -0.4 is 20.1 Å². The number of anilines is 1. The van der Waals surface area contributed by atoms with Gasteiger partial charge in [0.1, 0.15) is 13.2 Å². The van der Waals surface area contributed by atoms with E-state index in [9.17, 15) is 9.59 Å². The monoisotopic (exact) mass is 422 g/mol. The fourth-order valence-corrected chi connectivity index (χ4v) is 4.19. The van der Waals surface area contributed by atoms with Gasteiger partial charge in [-0.25, -0.2) is 0 Å². The molecule has 0 saturated heterocycles. The van der Waals surface area contributed by atoms with E-state index in [4.69, 9.17) is 9.47 Å². The standard InChI is InChI=1S/C25H30N2O4/c1-17(20-10-11-22-23(15-20)31-13-12-30-22)24(28)26-16-18-6-5-9-21(14-18)27-25(29)19-7-3-2-4-8-19/h5-6,9-11,14-15,17,19H,2-4,7-8,12-13,16H2,1H3,(H,26,28)(H,27,29). The zero-order valence-corrected chi connectivity index (χ0v) is 18.0. The van der Waals surface area contributed by atoms with Gasteiger partial charge < -0.3 is 20.1 Å². The van der Waals surface area contributed by atoms with Crippen LogP contribution in [0.2, 0.25) is 0 Å². The van der Waals surface area contributed by atoms with E-state index in [1.165, 1.54) is 6.42 Å². The number of ether oxygens (including phenoxy) is 2. The van der Waals surface area contributed by atoms with Gasteiger partial charge in [-0.3, -0.25) is 9.59 Å². The molecule has 1 heterocycles. The molecule has 1 saturated carbocycles. The van der Waals surface area contributed by atoms with Crippen molar-refractivity contribution in [1.82, 2.24) is 5.32 Å². The van der Waals surface area contributed by atoms with Crippen molar-refractivity contribution in [3.63, 3.8) is 0 Å². The fourth-order valence-electron chi connectivity index (χ4n) is 4.19. The normalized spacial score (nSPS) is 16.9. The zero-order valence-electron chi connectivity index (χ0n) is 18.0. The number of fused-ring (bicyclic) bond motifs is 1. The summed E-state index contributed by atoms with van der Waals surface area (Å²) in [7, 11) is 0. The predicted molar refractivity (Wildman–Crippen MR) is 119 cm³/mol. The summed E-state index contributed by atoms with van der Waals surface area (Å²) < 4.78 is 11.2. The van der Waals surface area contributed by atoms with Crippen LogP contribution in [0.15, 0.2) is 42.5 Å². The summed E-state index contributed by atoms with van der Waals surface area (Å²) in [5.74, 6) is 1.25. The maximum Gasteiger partial charge on any atom is 0.227 e. The molecule has 0 radical (unpaired) electrons. The third-order valence-electron chi connectivity index (χ3n) is 6.10. The molecule has 164 valence electrons. The van der Waals surface area contributed by atoms with Crippen molar-refractivity contribution in [2.75, 3.05) is 18.5 Å². The summed E-state index contributed by atoms with van der Waals surface area (Å²) in [6, 6.07) is 13.3. The van der Waals surface area contributed by atoms with Crippen molar-refractivity contribution in [2.45, 2.75) is 51.5 Å². The molecule has 1 unspecified atom stereocenters. The minimum Gasteiger partial charge on any atom is -0.486 e. The van der Waals surface area contributed by atoms with E-state index >= 15 is 0 Å². The first-order chi connectivity index (χ1) is 15.1. The lowest BCUT2D eigenvalue weighted by atomic mass is 9.88. The van der Waals surface area contributed by atoms with Crippen molar-refractivity contribution < 1.29 is 19.1 Å². The van der Waals surface area contributed by atoms with E-state index in [1.54, 1.807) is 0 Å². The van der Waals surface area contributed by atoms with Gasteiger partial charge in [0, 0.05) is 18.2 Å². The number of carbonyl (C=O) groups excluding carboxylic acids is 2. The molecule has 2 aliphatic rings. The Balaban J connectivity index is 1.32. The molecule has 6 heteroatoms. The Labute approximate surface area is 183 Å². The third-order valence-corrected chi connectivity index (χ3v) is 6.10. The smallest absolute Gasteiger partial charge is 0.227 e. The van der Waals surface area contributed by atoms with Gasteiger partial charge in [-0.05, 0) is 55.2 Å². The Morgan fingerprint density at radius 3 is 2.58 bits per heavy atom. The number of hydrogen-bond donors (Lipinski definition) is 2. The zero-order chi connectivity index (χ0) is 21.6. The molecule has 31 heavy (non-hydrogen) atoms. The molecule has 1 atom stereocenters. The maximum atomic E-state index is 12.7. The van der Waals surface area contributed by atoms with Gasteiger partial charge >= 0.3 is 0 Å². The molecule has 2 N–H and O–H groups in total. The Morgan fingerprint density at radius 1 is 1.00 bits per heavy atom. The Hall–Kier alpha value is -3.02. The lowest BCUT2D eigenvalue weighted by Crippen LogP contribution is -2.28. The molecule has 2 aromatic rings. The van der Waals surface area contributed by atoms with Crippen LogP contribution in [-0.2, 0) is 16.1 Å². The van der Waals surface area contributed by atoms with Crippen molar-refractivity contribution in [3.8, 4) is 11.5 Å². The Kier molecular flexibility index (Phi) is 6.75. The van der Waals surface area contributed by atoms with Gasteiger partial charge in [-0.15, -0.1) is 0 Å². The highest BCUT2D eigenvalue weighted by atomic mass is 16.6. The molecule has 6 nitrogen and oxygen atoms in total. The second-order valence-corrected chi connectivity index (χ2v) is 8.37. The second kappa shape index (κ2) is 9.86. The summed E-state index contributed by atoms with van der Waals surface area (Å²) in [5.41, 5.74) is 2.61. The van der Waals surface area contributed by atoms with Crippen LogP contribution in [-0.4, -0.2) is 25.0 Å². The number of nitrogens with one attached hydrogen (secondary N) is 2. The lowest BCUT2D eigenvalue weighted by molar-refractivity contribution is -0.122. The predicted octanol–water partition coefficient (Wildman–Crippen LogP) is 4.40. The lowest BCUT2D eigenvalue weighted by Gasteiger charge is -2.21. The van der Waals surface area contributed by atoms with Crippen LogP contribution in [0.3, 0.4) is 0 Å². The van der Waals surface area contributed by atoms with E-state index in [1.807, 2.05) is 49.4 Å². The van der Waals surface area contributed by atoms with Crippen LogP contribution in [0.1, 0.15) is 56.1 Å². The van der Waals surface area contributed by atoms with Gasteiger partial charge in [0.25, 0.3) is 0 Å². The van der Waals surface area contributed by atoms with Crippen molar-refractivity contribution in [1.29, 1.82) is 0 Å². The van der Waals surface area contributed by atoms with E-state index in [0.29, 0.717) is 25.5 Å². The van der Waals surface area contributed by atoms with Crippen molar-refractivity contribution in [3.05, 3.63) is 53.6 Å². The molecule has 1 aliphatic heterocycles. The molecular weight excluding hydrogens is 392 g/mol. The highest BCUT2D eigenvalue weighted by molar-refractivity contribution is 5.92. The van der Waals surface area contributed by atoms with E-state index < -0.39 is 0 Å². The summed E-state index contributed by atoms with van der Waals surface area (Å²) in [6.45, 7) is 3.34. The first kappa shape index (κ1) is 21.2. The summed E-state index contributed by atoms with van der Waals surface area (Å²) >= 11 is 0. The molecule has 0 aromatic heterocycles. The molecule has 2 amide bonds. The van der Waals surface area contributed by atoms with E-state index in [2.05, 4.69) is 10.6 Å². The molecule has 2 aromatic carbocycles. The number of amides is 2. The average molecular weight is 423 g/mol. The Morgan fingerprint density at radius 2 is 1.77 bits per heavy atom. The number of benzene rings is 2. The molecule has 1 fully saturated rings. The van der Waals surface area contributed by atoms with Crippen LogP contribution in [0.5, 0.6) is 11.5 Å². The van der Waals surface area contributed by atoms with Crippen LogP contribution in [0, 0.1) is 5.92 Å². The van der Waals surface area contributed by atoms with Gasteiger partial charge in [0.2, 0.25) is 11.8 Å². The second-order valence-electron chi connectivity index (χ2n) is 8.37. The minimum absolute atomic E-state index is 0.0617. The molecular formula is C25H30N2O4. The minimum atomic E-state index is -0.315. The van der Waals surface area contributed by atoms with Gasteiger partial charge in [0.05, 0.1) is 5.92 Å². The number of rotatable bonds is 6. The van der Waals surface area contributed by atoms with Gasteiger partial charge in [0.15, 0.2) is 11.5 Å². The van der Waals surface area contributed by atoms with E-state index in [0.717, 1.165) is 48.2 Å². The number of carbonyl (C=O) groups is 2. The fraction of sp³-hybridized carbons (Fsp3) is 0.440. The molecule has 0 spiro atoms. The Bertz CT molecular complexity index is 937. The molecule has 0 bridgehead atoms. The molecule has 4 rings (SSSR count). The van der Waals surface area contributed by atoms with Gasteiger partial charge in [-0.1, -0.05) is 37.5 Å². The summed E-state index contributed by atoms with van der Waals surface area (Å²) in [5, 5.41) is 6.04. The summed E-state index contributed by atoms with van der Waals surface area (Å²) in [4.78, 5) is 25.2. The summed E-state index contributed by atoms with van der Waals surface area (Å²) in [6.07, 6.45) is 5.43. The highest BCUT2D eigenvalue weighted by Crippen LogP contribution is 2.33. The number of hydrogen-bond acceptors (Lipinski definition) is 4.